The van der Waals surface area contributed by atoms with Crippen LogP contribution in [-0.4, -0.2) is 27.9 Å². The van der Waals surface area contributed by atoms with E-state index in [9.17, 15) is 14.7 Å². The van der Waals surface area contributed by atoms with Crippen LogP contribution in [0.25, 0.3) is 0 Å². The Bertz CT molecular complexity index is 930. The van der Waals surface area contributed by atoms with Crippen LogP contribution in [0.1, 0.15) is 21.5 Å². The minimum absolute atomic E-state index is 0.0538. The van der Waals surface area contributed by atoms with Crippen LogP contribution in [0.3, 0.4) is 0 Å². The molecule has 0 aliphatic carbocycles. The van der Waals surface area contributed by atoms with Gasteiger partial charge in [0, 0.05) is 70.2 Å². The van der Waals surface area contributed by atoms with E-state index in [4.69, 9.17) is 16.7 Å². The number of carboxylic acid groups (broad SMARTS) is 1. The van der Waals surface area contributed by atoms with Gasteiger partial charge in [0.15, 0.2) is 11.5 Å². The quantitative estimate of drug-likeness (QED) is 0.325. The zero-order chi connectivity index (χ0) is 21.1. The highest BCUT2D eigenvalue weighted by Gasteiger charge is 2.36. The number of aliphatic carboxylic acids is 1. The van der Waals surface area contributed by atoms with Gasteiger partial charge in [-0.2, -0.15) is 0 Å². The summed E-state index contributed by atoms with van der Waals surface area (Å²) in [6.45, 7) is 0.0942. The van der Waals surface area contributed by atoms with Gasteiger partial charge >= 0.3 is 5.97 Å². The molecule has 0 saturated carbocycles. The zero-order valence-electron chi connectivity index (χ0n) is 14.5. The molecule has 1 amide bonds. The van der Waals surface area contributed by atoms with Gasteiger partial charge in [0.2, 0.25) is 5.75 Å². The Morgan fingerprint density at radius 3 is 2.10 bits per heavy atom. The molecule has 0 saturated heterocycles. The molecule has 0 spiro atoms. The third-order valence-corrected chi connectivity index (χ3v) is 5.30. The minimum Gasteiger partial charge on any atom is -0.480 e. The van der Waals surface area contributed by atoms with Crippen LogP contribution in [0.2, 0.25) is 0 Å². The van der Waals surface area contributed by atoms with Gasteiger partial charge in [0.05, 0.1) is 0 Å². The highest BCUT2D eigenvalue weighted by molar-refractivity contribution is 7.76. The van der Waals surface area contributed by atoms with Gasteiger partial charge in [-0.3, -0.25) is 4.79 Å². The molecule has 29 heavy (non-hydrogen) atoms. The molecule has 154 valence electrons. The number of rotatable bonds is 6. The second-order valence-corrected chi connectivity index (χ2v) is 6.82. The van der Waals surface area contributed by atoms with Gasteiger partial charge < -0.3 is 26.7 Å². The summed E-state index contributed by atoms with van der Waals surface area (Å²) in [7, 11) is 0. The Kier molecular flexibility index (Phi) is 6.88. The van der Waals surface area contributed by atoms with Gasteiger partial charge in [-0.1, -0.05) is 6.07 Å². The van der Waals surface area contributed by atoms with E-state index in [-0.39, 0.29) is 35.8 Å². The van der Waals surface area contributed by atoms with E-state index in [1.54, 1.807) is 18.2 Å². The molecule has 0 bridgehead atoms. The highest BCUT2D eigenvalue weighted by atomic mass is 32.1. The van der Waals surface area contributed by atoms with Gasteiger partial charge in [-0.05, 0) is 35.4 Å². The first-order valence-electron chi connectivity index (χ1n) is 8.02. The second kappa shape index (κ2) is 9.20. The van der Waals surface area contributed by atoms with Gasteiger partial charge in [0.1, 0.15) is 11.8 Å². The summed E-state index contributed by atoms with van der Waals surface area (Å²) >= 11 is 15.0. The Hall–Kier alpha value is -2.02. The third kappa shape index (κ3) is 4.29. The Balaban J connectivity index is 2.01. The van der Waals surface area contributed by atoms with Gasteiger partial charge in [-0.15, -0.1) is 0 Å². The lowest BCUT2D eigenvalue weighted by Crippen LogP contribution is -2.48. The molecule has 1 heterocycles. The number of hydrogen-bond donors (Lipinski definition) is 5. The number of fused-ring (bicyclic) bond motifs is 1. The molecule has 1 atom stereocenters. The van der Waals surface area contributed by atoms with E-state index in [1.807, 2.05) is 0 Å². The molecular weight excluding hydrogens is 458 g/mol. The van der Waals surface area contributed by atoms with Gasteiger partial charge in [-0.25, -0.2) is 4.79 Å². The molecule has 1 unspecified atom stereocenters. The summed E-state index contributed by atoms with van der Waals surface area (Å²) in [5.41, 5.74) is 1.68. The Morgan fingerprint density at radius 1 is 0.931 bits per heavy atom. The van der Waals surface area contributed by atoms with Crippen LogP contribution >= 0.6 is 51.6 Å². The molecule has 8 nitrogen and oxygen atoms in total. The number of benzene rings is 2. The van der Waals surface area contributed by atoms with Crippen molar-refractivity contribution in [3.8, 4) is 23.0 Å². The van der Waals surface area contributed by atoms with Crippen molar-refractivity contribution in [1.82, 2.24) is 4.90 Å². The van der Waals surface area contributed by atoms with Crippen molar-refractivity contribution in [3.63, 3.8) is 0 Å². The summed E-state index contributed by atoms with van der Waals surface area (Å²) in [5.74, 6) is -1.01. The first kappa shape index (κ1) is 21.7. The maximum absolute atomic E-state index is 13.2. The molecular formula is C17H15NO7S4. The number of carboxylic acids is 1. The van der Waals surface area contributed by atoms with E-state index < -0.39 is 17.9 Å². The lowest BCUT2D eigenvalue weighted by atomic mass is 9.93. The Morgan fingerprint density at radius 2 is 1.59 bits per heavy atom. The van der Waals surface area contributed by atoms with Crippen LogP contribution in [-0.2, 0) is 17.8 Å². The molecule has 2 aromatic carbocycles. The van der Waals surface area contributed by atoms with Crippen molar-refractivity contribution in [2.24, 2.45) is 0 Å². The van der Waals surface area contributed by atoms with Crippen molar-refractivity contribution in [1.29, 1.82) is 0 Å². The second-order valence-electron chi connectivity index (χ2n) is 6.09. The summed E-state index contributed by atoms with van der Waals surface area (Å²) in [5, 5.41) is 9.70. The number of nitrogens with zero attached hydrogens (tertiary/aromatic N) is 1. The average Bonchev–Trinajstić information content (AvgIpc) is 2.75. The van der Waals surface area contributed by atoms with Crippen LogP contribution in [0, 0.1) is 0 Å². The van der Waals surface area contributed by atoms with Crippen molar-refractivity contribution >= 4 is 63.5 Å². The number of carbonyl (C=O) groups is 2. The first-order valence-corrected chi connectivity index (χ1v) is 9.48. The SMILES string of the molecule is O=C(O)C1Cc2cc(OS)ccc2CN1C(=O)c1cc(OS)c(OS)c(OS)c1. The van der Waals surface area contributed by atoms with Crippen LogP contribution in [0.15, 0.2) is 30.3 Å². The third-order valence-electron chi connectivity index (χ3n) is 4.51. The zero-order valence-corrected chi connectivity index (χ0v) is 18.1. The predicted molar refractivity (Wildman–Crippen MR) is 116 cm³/mol. The smallest absolute Gasteiger partial charge is 0.326 e. The summed E-state index contributed by atoms with van der Waals surface area (Å²) < 4.78 is 19.6. The van der Waals surface area contributed by atoms with Crippen LogP contribution in [0.4, 0.5) is 0 Å². The molecule has 3 rings (SSSR count). The molecule has 0 fully saturated rings. The standard InChI is InChI=1S/C17H15NO7S4/c19-16(10-5-13(23-27)15(25-29)14(6-10)24-28)18-7-8-1-2-11(22-26)3-9(8)4-12(18)17(20)21/h1-3,5-6,12,26-29H,4,7H2,(H,20,21). The fourth-order valence-corrected chi connectivity index (χ4v) is 3.71. The van der Waals surface area contributed by atoms with E-state index >= 15 is 0 Å². The lowest BCUT2D eigenvalue weighted by Gasteiger charge is -2.34. The largest absolute Gasteiger partial charge is 0.480 e. The minimum atomic E-state index is -1.13. The molecule has 12 heteroatoms. The average molecular weight is 474 g/mol. The highest BCUT2D eigenvalue weighted by Crippen LogP contribution is 2.41. The van der Waals surface area contributed by atoms with Crippen molar-refractivity contribution in [2.75, 3.05) is 0 Å². The summed E-state index contributed by atoms with van der Waals surface area (Å²) in [4.78, 5) is 26.3. The van der Waals surface area contributed by atoms with E-state index in [1.165, 1.54) is 17.0 Å². The van der Waals surface area contributed by atoms with E-state index in [0.717, 1.165) is 11.1 Å². The molecule has 0 aromatic heterocycles. The maximum atomic E-state index is 13.2. The fraction of sp³-hybridized carbons (Fsp3) is 0.176. The summed E-state index contributed by atoms with van der Waals surface area (Å²) in [6, 6.07) is 6.79. The van der Waals surface area contributed by atoms with Crippen molar-refractivity contribution in [2.45, 2.75) is 19.0 Å². The monoisotopic (exact) mass is 473 g/mol. The molecule has 1 aliphatic rings. The van der Waals surface area contributed by atoms with Crippen molar-refractivity contribution < 1.29 is 31.4 Å². The maximum Gasteiger partial charge on any atom is 0.326 e. The van der Waals surface area contributed by atoms with Crippen LogP contribution in [0.5, 0.6) is 23.0 Å². The molecule has 2 aromatic rings. The molecule has 1 aliphatic heterocycles. The predicted octanol–water partition coefficient (Wildman–Crippen LogP) is 3.23. The Labute approximate surface area is 188 Å². The fourth-order valence-electron chi connectivity index (χ4n) is 3.14. The molecule has 0 radical (unpaired) electrons. The number of carbonyl (C=O) groups excluding carboxylic acids is 1. The first-order chi connectivity index (χ1) is 13.9. The number of amides is 1. The summed E-state index contributed by atoms with van der Waals surface area (Å²) in [6.07, 6.45) is 0.116. The topological polar surface area (TPSA) is 94.5 Å². The van der Waals surface area contributed by atoms with Gasteiger partial charge in [0.25, 0.3) is 5.91 Å². The number of thiol groups is 4. The van der Waals surface area contributed by atoms with Crippen LogP contribution < -0.4 is 16.7 Å². The lowest BCUT2D eigenvalue weighted by molar-refractivity contribution is -0.142. The van der Waals surface area contributed by atoms with E-state index in [2.05, 4.69) is 51.6 Å². The van der Waals surface area contributed by atoms with Crippen molar-refractivity contribution in [3.05, 3.63) is 47.0 Å². The molecule has 1 N–H and O–H groups in total. The van der Waals surface area contributed by atoms with E-state index in [0.29, 0.717) is 5.75 Å². The normalized spacial score (nSPS) is 15.3. The number of hydrogen-bond acceptors (Lipinski definition) is 10.